The van der Waals surface area contributed by atoms with Gasteiger partial charge in [-0.15, -0.1) is 59.7 Å². The van der Waals surface area contributed by atoms with E-state index in [2.05, 4.69) is 35.1 Å². The Kier molecular flexibility index (Phi) is 6.06. The Balaban J connectivity index is 0.000000195. The number of benzene rings is 3. The third-order valence-electron chi connectivity index (χ3n) is 5.26. The molecule has 0 N–H and O–H groups in total. The molecular weight excluding hydrogens is 601 g/mol. The van der Waals surface area contributed by atoms with E-state index < -0.39 is 0 Å². The summed E-state index contributed by atoms with van der Waals surface area (Å²) in [6.07, 6.45) is 3.84. The fraction of sp³-hybridized carbons (Fsp3) is 0.103. The molecule has 2 aromatic heterocycles. The van der Waals surface area contributed by atoms with Gasteiger partial charge in [0.1, 0.15) is 0 Å². The van der Waals surface area contributed by atoms with Crippen LogP contribution in [0.5, 0.6) is 0 Å². The van der Waals surface area contributed by atoms with Crippen LogP contribution in [0.1, 0.15) is 30.8 Å². The van der Waals surface area contributed by atoms with Gasteiger partial charge in [0.05, 0.1) is 5.48 Å². The average molecular weight is 627 g/mol. The summed E-state index contributed by atoms with van der Waals surface area (Å²) in [5.74, 6) is 0. The van der Waals surface area contributed by atoms with Crippen molar-refractivity contribution in [3.63, 3.8) is 0 Å². The van der Waals surface area contributed by atoms with Gasteiger partial charge >= 0.3 is 0 Å². The molecule has 4 heteroatoms. The van der Waals surface area contributed by atoms with Gasteiger partial charge in [-0.25, -0.2) is 0 Å². The molecule has 3 aromatic carbocycles. The smallest absolute Gasteiger partial charge is 0.0830 e. The molecule has 0 amide bonds. The first-order valence-corrected chi connectivity index (χ1v) is 11.2. The molecule has 33 heavy (non-hydrogen) atoms. The number of hydrogen-bond acceptors (Lipinski definition) is 3. The van der Waals surface area contributed by atoms with E-state index in [1.54, 1.807) is 17.4 Å². The van der Waals surface area contributed by atoms with Crippen LogP contribution < -0.4 is 0 Å². The fourth-order valence-corrected chi connectivity index (χ4v) is 4.77. The number of hydrogen-bond donors (Lipinski definition) is 0. The minimum atomic E-state index is -0.318. The first kappa shape index (κ1) is 18.5. The van der Waals surface area contributed by atoms with Crippen LogP contribution in [0.2, 0.25) is 0 Å². The summed E-state index contributed by atoms with van der Waals surface area (Å²) in [7, 11) is 0. The molecule has 0 saturated carbocycles. The summed E-state index contributed by atoms with van der Waals surface area (Å²) in [6, 6.07) is 25.3. The number of nitrogens with zero attached hydrogens (tertiary/aromatic N) is 2. The molecular formula is C29H22IrN2S-2. The molecule has 1 aliphatic heterocycles. The summed E-state index contributed by atoms with van der Waals surface area (Å²) in [4.78, 5) is 8.49. The fourth-order valence-electron chi connectivity index (χ4n) is 3.66. The molecule has 0 aliphatic carbocycles. The number of rotatable bonds is 2. The van der Waals surface area contributed by atoms with Crippen molar-refractivity contribution < 1.29 is 25.6 Å². The Labute approximate surface area is 217 Å². The Morgan fingerprint density at radius 3 is 2.64 bits per heavy atom. The second kappa shape index (κ2) is 10.8. The van der Waals surface area contributed by atoms with Gasteiger partial charge in [-0.3, -0.25) is 0 Å². The molecule has 3 heterocycles. The van der Waals surface area contributed by atoms with Crippen molar-refractivity contribution in [3.05, 3.63) is 114 Å². The van der Waals surface area contributed by atoms with Gasteiger partial charge in [0, 0.05) is 37.2 Å². The van der Waals surface area contributed by atoms with Crippen molar-refractivity contribution in [1.82, 2.24) is 4.98 Å². The molecule has 0 atom stereocenters. The van der Waals surface area contributed by atoms with Gasteiger partial charge in [0.25, 0.3) is 0 Å². The van der Waals surface area contributed by atoms with Crippen LogP contribution in [0.4, 0.5) is 0 Å². The number of aromatic nitrogens is 1. The van der Waals surface area contributed by atoms with Crippen LogP contribution in [0.15, 0.2) is 102 Å². The van der Waals surface area contributed by atoms with E-state index >= 15 is 0 Å². The van der Waals surface area contributed by atoms with E-state index in [0.29, 0.717) is 5.56 Å². The summed E-state index contributed by atoms with van der Waals surface area (Å²) in [5.41, 5.74) is 4.51. The predicted octanol–water partition coefficient (Wildman–Crippen LogP) is 7.89. The monoisotopic (exact) mass is 627 g/mol. The Hall–Kier alpha value is -2.91. The van der Waals surface area contributed by atoms with Crippen LogP contribution in [0, 0.1) is 12.1 Å². The van der Waals surface area contributed by atoms with Crippen LogP contribution in [0.3, 0.4) is 0 Å². The SMILES string of the molecule is CC1=CN=C(c2[c-]cccc2)CC1.[2H]c1nc(-c2[c-]ccc3sc4ccccc4c23)c([2H])c([2H])c1[2H].[Ir]. The van der Waals surface area contributed by atoms with Crippen molar-refractivity contribution in [2.75, 3.05) is 0 Å². The molecule has 2 nitrogen and oxygen atoms in total. The summed E-state index contributed by atoms with van der Waals surface area (Å²) in [5, 5.41) is 1.99. The van der Waals surface area contributed by atoms with Crippen molar-refractivity contribution in [2.45, 2.75) is 19.8 Å². The summed E-state index contributed by atoms with van der Waals surface area (Å²) < 4.78 is 33.6. The van der Waals surface area contributed by atoms with E-state index in [1.807, 2.05) is 54.7 Å². The third-order valence-corrected chi connectivity index (χ3v) is 6.39. The zero-order valence-electron chi connectivity index (χ0n) is 21.9. The first-order valence-electron chi connectivity index (χ1n) is 12.4. The molecule has 6 rings (SSSR count). The minimum Gasteiger partial charge on any atom is -0.309 e. The zero-order chi connectivity index (χ0) is 25.2. The number of thiophene rings is 1. The normalized spacial score (nSPS) is 14.6. The van der Waals surface area contributed by atoms with Crippen LogP contribution >= 0.6 is 11.3 Å². The van der Waals surface area contributed by atoms with Gasteiger partial charge in [0.15, 0.2) is 0 Å². The van der Waals surface area contributed by atoms with E-state index in [4.69, 9.17) is 5.48 Å². The number of allylic oxidation sites excluding steroid dienone is 1. The molecule has 0 spiro atoms. The molecule has 0 fully saturated rings. The number of pyridine rings is 1. The van der Waals surface area contributed by atoms with Gasteiger partial charge in [-0.2, -0.15) is 11.3 Å². The summed E-state index contributed by atoms with van der Waals surface area (Å²) >= 11 is 1.65. The second-order valence-corrected chi connectivity index (χ2v) is 8.55. The standard InChI is InChI=1S/C17H10NS.C12H12N.Ir/c1-2-9-15-13(6-1)17-12(7-5-10-16(17)19-15)14-8-3-4-11-18-14;1-10-7-8-12(13-9-10)11-5-3-2-4-6-11;/h1-6,8-11H;2-5,9H,7-8H2,1H3;/q2*-1;/i3D,4D,8D,11D;;. The first-order chi connectivity index (χ1) is 17.4. The van der Waals surface area contributed by atoms with E-state index in [0.717, 1.165) is 44.3 Å². The zero-order valence-corrected chi connectivity index (χ0v) is 21.1. The van der Waals surface area contributed by atoms with Crippen molar-refractivity contribution in [2.24, 2.45) is 4.99 Å². The largest absolute Gasteiger partial charge is 0.309 e. The minimum absolute atomic E-state index is 0. The van der Waals surface area contributed by atoms with Gasteiger partial charge in [-0.05, 0) is 53.4 Å². The van der Waals surface area contributed by atoms with E-state index in [-0.39, 0.29) is 50.1 Å². The average Bonchev–Trinajstić information content (AvgIpc) is 3.30. The number of fused-ring (bicyclic) bond motifs is 3. The quantitative estimate of drug-likeness (QED) is 0.183. The topological polar surface area (TPSA) is 25.2 Å². The van der Waals surface area contributed by atoms with E-state index in [1.165, 1.54) is 5.57 Å². The van der Waals surface area contributed by atoms with Crippen molar-refractivity contribution in [1.29, 1.82) is 0 Å². The van der Waals surface area contributed by atoms with Crippen LogP contribution in [-0.4, -0.2) is 10.7 Å². The molecule has 1 aliphatic rings. The molecule has 0 saturated heterocycles. The van der Waals surface area contributed by atoms with E-state index in [9.17, 15) is 0 Å². The summed E-state index contributed by atoms with van der Waals surface area (Å²) in [6.45, 7) is 2.12. The Morgan fingerprint density at radius 2 is 1.82 bits per heavy atom. The van der Waals surface area contributed by atoms with Crippen molar-refractivity contribution >= 4 is 37.2 Å². The maximum atomic E-state index is 8.14. The molecule has 0 bridgehead atoms. The second-order valence-electron chi connectivity index (χ2n) is 7.46. The predicted molar refractivity (Wildman–Crippen MR) is 136 cm³/mol. The van der Waals surface area contributed by atoms with Gasteiger partial charge < -0.3 is 9.98 Å². The maximum Gasteiger partial charge on any atom is 0.0830 e. The maximum absolute atomic E-state index is 8.14. The molecule has 5 aromatic rings. The molecule has 0 unspecified atom stereocenters. The van der Waals surface area contributed by atoms with Gasteiger partial charge in [-0.1, -0.05) is 41.2 Å². The molecule has 1 radical (unpaired) electrons. The number of aliphatic imine (C=N–C) groups is 1. The van der Waals surface area contributed by atoms with Gasteiger partial charge in [0.2, 0.25) is 0 Å². The third kappa shape index (κ3) is 5.20. The Morgan fingerprint density at radius 1 is 0.939 bits per heavy atom. The molecule has 165 valence electrons. The van der Waals surface area contributed by atoms with Crippen LogP contribution in [-0.2, 0) is 20.1 Å². The Bertz CT molecular complexity index is 1640. The van der Waals surface area contributed by atoms with Crippen molar-refractivity contribution in [3.8, 4) is 11.3 Å². The van der Waals surface area contributed by atoms with Crippen LogP contribution in [0.25, 0.3) is 31.4 Å².